The van der Waals surface area contributed by atoms with Gasteiger partial charge in [0.25, 0.3) is 0 Å². The number of nitrogens with one attached hydrogen (secondary N) is 1. The first-order valence-corrected chi connectivity index (χ1v) is 13.4. The number of β-amino-alcohol motifs (C(OH)–C–C–N with tert-alkyl or cyclic N) is 1. The van der Waals surface area contributed by atoms with Gasteiger partial charge in [0, 0.05) is 47.8 Å². The van der Waals surface area contributed by atoms with E-state index in [-0.39, 0.29) is 29.2 Å². The van der Waals surface area contributed by atoms with Crippen LogP contribution < -0.4 is 5.32 Å². The van der Waals surface area contributed by atoms with Gasteiger partial charge in [0.2, 0.25) is 0 Å². The highest BCUT2D eigenvalue weighted by molar-refractivity contribution is 9.10. The Morgan fingerprint density at radius 1 is 1.24 bits per heavy atom. The van der Waals surface area contributed by atoms with Gasteiger partial charge in [-0.15, -0.1) is 0 Å². The number of urea groups is 1. The molecule has 2 aliphatic carbocycles. The van der Waals surface area contributed by atoms with Gasteiger partial charge in [-0.25, -0.2) is 9.18 Å². The maximum Gasteiger partial charge on any atom is 0.419 e. The predicted molar refractivity (Wildman–Crippen MR) is 136 cm³/mol. The summed E-state index contributed by atoms with van der Waals surface area (Å²) in [6.45, 7) is 4.41. The average Bonchev–Trinajstić information content (AvgIpc) is 3.13. The largest absolute Gasteiger partial charge is 0.419 e. The van der Waals surface area contributed by atoms with Crippen LogP contribution in [0.15, 0.2) is 46.9 Å². The van der Waals surface area contributed by atoms with E-state index >= 15 is 0 Å². The second-order valence-electron chi connectivity index (χ2n) is 10.5. The van der Waals surface area contributed by atoms with E-state index in [0.717, 1.165) is 36.0 Å². The zero-order valence-corrected chi connectivity index (χ0v) is 22.0. The highest BCUT2D eigenvalue weighted by atomic mass is 79.9. The van der Waals surface area contributed by atoms with E-state index in [4.69, 9.17) is 0 Å². The average molecular weight is 584 g/mol. The minimum absolute atomic E-state index is 0.0316. The Morgan fingerprint density at radius 3 is 2.68 bits per heavy atom. The molecule has 1 heterocycles. The van der Waals surface area contributed by atoms with E-state index in [0.29, 0.717) is 38.0 Å². The highest BCUT2D eigenvalue weighted by Crippen LogP contribution is 2.69. The summed E-state index contributed by atoms with van der Waals surface area (Å²) in [5.41, 5.74) is -0.303. The van der Waals surface area contributed by atoms with Gasteiger partial charge in [0.1, 0.15) is 5.82 Å². The summed E-state index contributed by atoms with van der Waals surface area (Å²) < 4.78 is 54.5. The van der Waals surface area contributed by atoms with E-state index in [9.17, 15) is 27.5 Å². The molecular formula is C27H30BrF4N3O2. The third kappa shape index (κ3) is 5.00. The monoisotopic (exact) mass is 583 g/mol. The van der Waals surface area contributed by atoms with E-state index in [2.05, 4.69) is 45.2 Å². The molecule has 2 aromatic rings. The van der Waals surface area contributed by atoms with Crippen LogP contribution in [0.4, 0.5) is 28.0 Å². The molecule has 37 heavy (non-hydrogen) atoms. The van der Waals surface area contributed by atoms with E-state index < -0.39 is 23.6 Å². The van der Waals surface area contributed by atoms with Crippen LogP contribution in [0.3, 0.4) is 0 Å². The number of anilines is 1. The molecule has 0 bridgehead atoms. The number of carbonyl (C=O) groups excluding carboxylic acids is 1. The van der Waals surface area contributed by atoms with Gasteiger partial charge in [-0.2, -0.15) is 13.2 Å². The maximum absolute atomic E-state index is 13.8. The molecule has 2 saturated carbocycles. The van der Waals surface area contributed by atoms with Gasteiger partial charge in [-0.05, 0) is 67.0 Å². The van der Waals surface area contributed by atoms with Crippen molar-refractivity contribution in [2.45, 2.75) is 49.9 Å². The molecule has 0 radical (unpaired) electrons. The van der Waals surface area contributed by atoms with Crippen molar-refractivity contribution in [2.75, 3.05) is 31.5 Å². The van der Waals surface area contributed by atoms with Crippen LogP contribution in [0.5, 0.6) is 0 Å². The summed E-state index contributed by atoms with van der Waals surface area (Å²) in [6.07, 6.45) is -2.87. The first kappa shape index (κ1) is 26.4. The third-order valence-corrected chi connectivity index (χ3v) is 9.05. The maximum atomic E-state index is 13.8. The van der Waals surface area contributed by atoms with Crippen LogP contribution in [0, 0.1) is 17.7 Å². The molecule has 5 atom stereocenters. The number of halogens is 5. The van der Waals surface area contributed by atoms with Gasteiger partial charge >= 0.3 is 12.2 Å². The topological polar surface area (TPSA) is 55.8 Å². The number of hydrogen-bond acceptors (Lipinski definition) is 3. The molecule has 3 fully saturated rings. The van der Waals surface area contributed by atoms with E-state index in [1.165, 1.54) is 5.56 Å². The summed E-state index contributed by atoms with van der Waals surface area (Å²) >= 11 is 3.56. The number of aliphatic hydroxyl groups is 1. The fourth-order valence-corrected chi connectivity index (χ4v) is 7.13. The summed E-state index contributed by atoms with van der Waals surface area (Å²) in [7, 11) is 0. The van der Waals surface area contributed by atoms with E-state index in [1.54, 1.807) is 4.90 Å². The molecule has 1 aliphatic heterocycles. The van der Waals surface area contributed by atoms with Crippen molar-refractivity contribution >= 4 is 27.6 Å². The zero-order chi connectivity index (χ0) is 26.5. The fourth-order valence-electron chi connectivity index (χ4n) is 6.73. The molecule has 0 spiro atoms. The Hall–Kier alpha value is -2.17. The number of carbonyl (C=O) groups is 1. The predicted octanol–water partition coefficient (Wildman–Crippen LogP) is 5.87. The molecular weight excluding hydrogens is 554 g/mol. The first-order valence-electron chi connectivity index (χ1n) is 12.6. The van der Waals surface area contributed by atoms with E-state index in [1.807, 2.05) is 12.1 Å². The number of rotatable bonds is 6. The molecule has 200 valence electrons. The van der Waals surface area contributed by atoms with Gasteiger partial charge in [-0.1, -0.05) is 35.0 Å². The lowest BCUT2D eigenvalue weighted by Gasteiger charge is -2.32. The van der Waals surface area contributed by atoms with Crippen molar-refractivity contribution in [1.82, 2.24) is 9.80 Å². The van der Waals surface area contributed by atoms with Crippen LogP contribution in [-0.2, 0) is 11.6 Å². The zero-order valence-electron chi connectivity index (χ0n) is 20.4. The Kier molecular flexibility index (Phi) is 7.04. The lowest BCUT2D eigenvalue weighted by molar-refractivity contribution is -0.139. The normalized spacial score (nSPS) is 29.3. The summed E-state index contributed by atoms with van der Waals surface area (Å²) in [4.78, 5) is 17.4. The van der Waals surface area contributed by atoms with Crippen LogP contribution in [0.25, 0.3) is 0 Å². The molecule has 2 N–H and O–H groups in total. The van der Waals surface area contributed by atoms with Crippen LogP contribution in [0.1, 0.15) is 37.3 Å². The fraction of sp³-hybridized carbons (Fsp3) is 0.519. The molecule has 5 nitrogen and oxygen atoms in total. The standard InChI is InChI=1S/C27H30BrF4N3O2/c1-16-24-23(7-9-26(16,24)17-3-2-4-18(28)13-17)35(12-11-34-10-8-20(36)15-34)25(37)33-19-5-6-22(29)21(14-19)27(30,31)32/h2-6,13-14,16,20,23-24,36H,7-12,15H2,1H3,(H,33,37)/t16-,20-,23-,24-,26-/m1/s1. The van der Waals surface area contributed by atoms with Crippen LogP contribution in [0.2, 0.25) is 0 Å². The third-order valence-electron chi connectivity index (χ3n) is 8.56. The van der Waals surface area contributed by atoms with Gasteiger partial charge in [0.15, 0.2) is 0 Å². The number of nitrogens with zero attached hydrogens (tertiary/aromatic N) is 2. The number of fused-ring (bicyclic) bond motifs is 1. The van der Waals surface area contributed by atoms with Crippen molar-refractivity contribution in [2.24, 2.45) is 11.8 Å². The Labute approximate surface area is 222 Å². The Bertz CT molecular complexity index is 1180. The number of amides is 2. The molecule has 2 amide bonds. The molecule has 0 unspecified atom stereocenters. The van der Waals surface area contributed by atoms with Crippen LogP contribution >= 0.6 is 15.9 Å². The summed E-state index contributed by atoms with van der Waals surface area (Å²) in [5.74, 6) is -0.792. The van der Waals surface area contributed by atoms with Crippen molar-refractivity contribution in [3.05, 3.63) is 63.9 Å². The summed E-state index contributed by atoms with van der Waals surface area (Å²) in [5, 5.41) is 12.5. The van der Waals surface area contributed by atoms with Crippen molar-refractivity contribution in [1.29, 1.82) is 0 Å². The molecule has 0 aromatic heterocycles. The van der Waals surface area contributed by atoms with Crippen molar-refractivity contribution in [3.8, 4) is 0 Å². The van der Waals surface area contributed by atoms with Crippen molar-refractivity contribution in [3.63, 3.8) is 0 Å². The highest BCUT2D eigenvalue weighted by Gasteiger charge is 2.69. The molecule has 10 heteroatoms. The number of likely N-dealkylation sites (tertiary alicyclic amines) is 1. The number of aliphatic hydroxyl groups excluding tert-OH is 1. The minimum atomic E-state index is -4.86. The quantitative estimate of drug-likeness (QED) is 0.418. The second kappa shape index (κ2) is 9.85. The van der Waals surface area contributed by atoms with Gasteiger partial charge < -0.3 is 15.3 Å². The Balaban J connectivity index is 1.38. The molecule has 5 rings (SSSR count). The summed E-state index contributed by atoms with van der Waals surface area (Å²) in [6, 6.07) is 10.2. The lowest BCUT2D eigenvalue weighted by Crippen LogP contribution is -2.47. The lowest BCUT2D eigenvalue weighted by atomic mass is 9.91. The number of hydrogen-bond donors (Lipinski definition) is 2. The smallest absolute Gasteiger partial charge is 0.392 e. The SMILES string of the molecule is C[C@@H]1[C@@H]2[C@H](N(CCN3CC[C@@H](O)C3)C(=O)Nc3ccc(F)c(C(F)(F)F)c3)CC[C@@]21c1cccc(Br)c1. The minimum Gasteiger partial charge on any atom is -0.392 e. The molecule has 2 aromatic carbocycles. The van der Waals surface area contributed by atoms with Crippen LogP contribution in [-0.4, -0.2) is 59.3 Å². The number of benzene rings is 2. The van der Waals surface area contributed by atoms with Gasteiger partial charge in [0.05, 0.1) is 11.7 Å². The van der Waals surface area contributed by atoms with Gasteiger partial charge in [-0.3, -0.25) is 4.90 Å². The van der Waals surface area contributed by atoms with Crippen molar-refractivity contribution < 1.29 is 27.5 Å². The molecule has 3 aliphatic rings. The molecule has 1 saturated heterocycles. The Morgan fingerprint density at radius 2 is 2.03 bits per heavy atom. The first-order chi connectivity index (χ1) is 17.5. The number of alkyl halides is 3. The second-order valence-corrected chi connectivity index (χ2v) is 11.4.